The number of rotatable bonds is 3. The zero-order chi connectivity index (χ0) is 14.2. The van der Waals surface area contributed by atoms with Crippen LogP contribution in [0.1, 0.15) is 49.8 Å². The molecule has 0 spiro atoms. The van der Waals surface area contributed by atoms with Gasteiger partial charge in [-0.25, -0.2) is 0 Å². The fraction of sp³-hybridized carbons (Fsp3) is 0.647. The second-order valence-corrected chi connectivity index (χ2v) is 6.36. The van der Waals surface area contributed by atoms with Crippen molar-refractivity contribution in [2.75, 3.05) is 13.7 Å². The van der Waals surface area contributed by atoms with Crippen LogP contribution < -0.4 is 10.5 Å². The largest absolute Gasteiger partial charge is 0.493 e. The average molecular weight is 275 g/mol. The molecule has 1 aliphatic carbocycles. The van der Waals surface area contributed by atoms with Crippen molar-refractivity contribution in [1.82, 2.24) is 0 Å². The quantitative estimate of drug-likeness (QED) is 0.921. The van der Waals surface area contributed by atoms with Crippen LogP contribution in [-0.2, 0) is 11.2 Å². The lowest BCUT2D eigenvalue weighted by atomic mass is 9.73. The lowest BCUT2D eigenvalue weighted by Crippen LogP contribution is -2.45. The van der Waals surface area contributed by atoms with E-state index >= 15 is 0 Å². The fourth-order valence-electron chi connectivity index (χ4n) is 3.66. The minimum absolute atomic E-state index is 0.104. The summed E-state index contributed by atoms with van der Waals surface area (Å²) in [6.45, 7) is 3.09. The minimum atomic E-state index is -0.229. The molecule has 1 saturated carbocycles. The third-order valence-electron chi connectivity index (χ3n) is 5.17. The molecule has 1 unspecified atom stereocenters. The number of ether oxygens (including phenoxy) is 2. The molecule has 2 aliphatic rings. The highest BCUT2D eigenvalue weighted by Crippen LogP contribution is 2.45. The van der Waals surface area contributed by atoms with Crippen molar-refractivity contribution in [1.29, 1.82) is 0 Å². The van der Waals surface area contributed by atoms with Crippen LogP contribution in [0.2, 0.25) is 0 Å². The Labute approximate surface area is 121 Å². The van der Waals surface area contributed by atoms with E-state index in [0.29, 0.717) is 0 Å². The number of fused-ring (bicyclic) bond motifs is 1. The highest BCUT2D eigenvalue weighted by molar-refractivity contribution is 5.46. The van der Waals surface area contributed by atoms with Gasteiger partial charge in [-0.05, 0) is 37.2 Å². The Kier molecular flexibility index (Phi) is 3.74. The topological polar surface area (TPSA) is 44.5 Å². The van der Waals surface area contributed by atoms with Crippen molar-refractivity contribution in [3.05, 3.63) is 29.3 Å². The van der Waals surface area contributed by atoms with E-state index in [9.17, 15) is 0 Å². The van der Waals surface area contributed by atoms with E-state index in [-0.39, 0.29) is 11.6 Å². The Morgan fingerprint density at radius 3 is 2.80 bits per heavy atom. The van der Waals surface area contributed by atoms with Gasteiger partial charge in [0, 0.05) is 19.1 Å². The van der Waals surface area contributed by atoms with Gasteiger partial charge in [0.1, 0.15) is 5.75 Å². The normalized spacial score (nSPS) is 30.6. The van der Waals surface area contributed by atoms with Gasteiger partial charge in [-0.15, -0.1) is 0 Å². The summed E-state index contributed by atoms with van der Waals surface area (Å²) < 4.78 is 11.7. The molecule has 1 heterocycles. The summed E-state index contributed by atoms with van der Waals surface area (Å²) in [5, 5.41) is 0. The van der Waals surface area contributed by atoms with Crippen LogP contribution in [0.15, 0.2) is 18.2 Å². The summed E-state index contributed by atoms with van der Waals surface area (Å²) in [7, 11) is 1.81. The van der Waals surface area contributed by atoms with Crippen molar-refractivity contribution < 1.29 is 9.47 Å². The van der Waals surface area contributed by atoms with E-state index in [2.05, 4.69) is 25.1 Å². The number of benzene rings is 1. The molecular weight excluding hydrogens is 250 g/mol. The van der Waals surface area contributed by atoms with Crippen LogP contribution >= 0.6 is 0 Å². The van der Waals surface area contributed by atoms with Crippen molar-refractivity contribution in [2.45, 2.75) is 50.7 Å². The zero-order valence-corrected chi connectivity index (χ0v) is 12.5. The van der Waals surface area contributed by atoms with E-state index in [1.807, 2.05) is 0 Å². The monoisotopic (exact) mass is 275 g/mol. The first kappa shape index (κ1) is 13.9. The Morgan fingerprint density at radius 2 is 2.10 bits per heavy atom. The van der Waals surface area contributed by atoms with Crippen molar-refractivity contribution in [2.24, 2.45) is 11.7 Å². The molecule has 1 aliphatic heterocycles. The van der Waals surface area contributed by atoms with Gasteiger partial charge < -0.3 is 15.2 Å². The molecule has 2 N–H and O–H groups in total. The molecule has 1 aromatic carbocycles. The molecular formula is C17H25NO2. The Bertz CT molecular complexity index is 478. The summed E-state index contributed by atoms with van der Waals surface area (Å²) in [5.41, 5.74) is 8.81. The first-order chi connectivity index (χ1) is 9.66. The van der Waals surface area contributed by atoms with Crippen LogP contribution in [0.3, 0.4) is 0 Å². The highest BCUT2D eigenvalue weighted by Gasteiger charge is 2.42. The first-order valence-electron chi connectivity index (χ1n) is 7.71. The van der Waals surface area contributed by atoms with E-state index in [1.54, 1.807) is 7.11 Å². The van der Waals surface area contributed by atoms with Crippen LogP contribution in [0, 0.1) is 5.92 Å². The summed E-state index contributed by atoms with van der Waals surface area (Å²) in [6.07, 6.45) is 5.45. The van der Waals surface area contributed by atoms with Gasteiger partial charge >= 0.3 is 0 Å². The first-order valence-corrected chi connectivity index (χ1v) is 7.71. The molecule has 3 heteroatoms. The van der Waals surface area contributed by atoms with Gasteiger partial charge in [-0.3, -0.25) is 0 Å². The van der Waals surface area contributed by atoms with E-state index in [1.165, 1.54) is 18.4 Å². The standard InChI is InChI=1S/C17H25NO2/c1-12-6-9-17(19-2,10-7-12)16(18)14-5-3-4-13-8-11-20-15(13)14/h3-5,12,16H,6-11,18H2,1-2H3. The molecule has 0 saturated heterocycles. The van der Waals surface area contributed by atoms with Crippen molar-refractivity contribution >= 4 is 0 Å². The maximum atomic E-state index is 6.63. The lowest BCUT2D eigenvalue weighted by Gasteiger charge is -2.42. The average Bonchev–Trinajstić information content (AvgIpc) is 2.96. The molecule has 1 fully saturated rings. The van der Waals surface area contributed by atoms with Gasteiger partial charge in [0.2, 0.25) is 0 Å². The van der Waals surface area contributed by atoms with Gasteiger partial charge in [0.15, 0.2) is 0 Å². The summed E-state index contributed by atoms with van der Waals surface area (Å²) in [4.78, 5) is 0. The molecule has 110 valence electrons. The number of para-hydroxylation sites is 1. The van der Waals surface area contributed by atoms with Gasteiger partial charge in [-0.1, -0.05) is 25.1 Å². The van der Waals surface area contributed by atoms with Gasteiger partial charge in [0.25, 0.3) is 0 Å². The predicted octanol–water partition coefficient (Wildman–Crippen LogP) is 3.22. The summed E-state index contributed by atoms with van der Waals surface area (Å²) >= 11 is 0. The summed E-state index contributed by atoms with van der Waals surface area (Å²) in [6, 6.07) is 6.24. The fourth-order valence-corrected chi connectivity index (χ4v) is 3.66. The third-order valence-corrected chi connectivity index (χ3v) is 5.17. The smallest absolute Gasteiger partial charge is 0.127 e. The van der Waals surface area contributed by atoms with Crippen LogP contribution in [-0.4, -0.2) is 19.3 Å². The zero-order valence-electron chi connectivity index (χ0n) is 12.5. The number of hydrogen-bond acceptors (Lipinski definition) is 3. The highest BCUT2D eigenvalue weighted by atomic mass is 16.5. The van der Waals surface area contributed by atoms with E-state index in [0.717, 1.165) is 43.1 Å². The van der Waals surface area contributed by atoms with Gasteiger partial charge in [0.05, 0.1) is 18.2 Å². The second kappa shape index (κ2) is 5.38. The molecule has 3 nitrogen and oxygen atoms in total. The van der Waals surface area contributed by atoms with Crippen molar-refractivity contribution in [3.8, 4) is 5.75 Å². The number of nitrogens with two attached hydrogens (primary N) is 1. The SMILES string of the molecule is COC1(C(N)c2cccc3c2OCC3)CCC(C)CC1. The molecule has 3 rings (SSSR count). The molecule has 0 aromatic heterocycles. The third kappa shape index (κ3) is 2.23. The Morgan fingerprint density at radius 1 is 1.35 bits per heavy atom. The summed E-state index contributed by atoms with van der Waals surface area (Å²) in [5.74, 6) is 1.79. The second-order valence-electron chi connectivity index (χ2n) is 6.36. The van der Waals surface area contributed by atoms with E-state index in [4.69, 9.17) is 15.2 Å². The van der Waals surface area contributed by atoms with Gasteiger partial charge in [-0.2, -0.15) is 0 Å². The molecule has 0 bridgehead atoms. The number of methoxy groups -OCH3 is 1. The van der Waals surface area contributed by atoms with Crippen LogP contribution in [0.25, 0.3) is 0 Å². The van der Waals surface area contributed by atoms with E-state index < -0.39 is 0 Å². The molecule has 0 amide bonds. The molecule has 1 atom stereocenters. The molecule has 1 aromatic rings. The molecule has 0 radical (unpaired) electrons. The predicted molar refractivity (Wildman–Crippen MR) is 79.9 cm³/mol. The Balaban J connectivity index is 1.91. The van der Waals surface area contributed by atoms with Crippen LogP contribution in [0.5, 0.6) is 5.75 Å². The van der Waals surface area contributed by atoms with Crippen LogP contribution in [0.4, 0.5) is 0 Å². The number of hydrogen-bond donors (Lipinski definition) is 1. The maximum Gasteiger partial charge on any atom is 0.127 e. The maximum absolute atomic E-state index is 6.63. The lowest BCUT2D eigenvalue weighted by molar-refractivity contribution is -0.0675. The van der Waals surface area contributed by atoms with Crippen molar-refractivity contribution in [3.63, 3.8) is 0 Å². The minimum Gasteiger partial charge on any atom is -0.493 e. The molecule has 20 heavy (non-hydrogen) atoms. The Hall–Kier alpha value is -1.06.